The molecule has 9 heavy (non-hydrogen) atoms. The first-order valence-electron chi connectivity index (χ1n) is 2.24. The standard InChI is InChI=1S/C4H5NO3S/c1-3-4(9(6)7)2-5-8-3/h2H,1H3,(H,6,7). The molecule has 0 bridgehead atoms. The van der Waals surface area contributed by atoms with Crippen LogP contribution in [0.3, 0.4) is 0 Å². The molecule has 0 saturated carbocycles. The van der Waals surface area contributed by atoms with Gasteiger partial charge in [0.05, 0.1) is 6.20 Å². The molecule has 1 N–H and O–H groups in total. The maximum absolute atomic E-state index is 10.3. The van der Waals surface area contributed by atoms with E-state index < -0.39 is 11.1 Å². The third-order valence-electron chi connectivity index (χ3n) is 0.895. The maximum Gasteiger partial charge on any atom is 0.191 e. The molecule has 5 heteroatoms. The van der Waals surface area contributed by atoms with E-state index in [-0.39, 0.29) is 4.90 Å². The number of hydrogen-bond donors (Lipinski definition) is 1. The summed E-state index contributed by atoms with van der Waals surface area (Å²) in [5, 5.41) is 3.31. The molecule has 0 aliphatic carbocycles. The van der Waals surface area contributed by atoms with E-state index in [2.05, 4.69) is 9.68 Å². The Morgan fingerprint density at radius 3 is 2.78 bits per heavy atom. The summed E-state index contributed by atoms with van der Waals surface area (Å²) in [4.78, 5) is 0.231. The molecule has 0 radical (unpaired) electrons. The lowest BCUT2D eigenvalue weighted by atomic mass is 10.5. The molecule has 1 heterocycles. The first-order valence-corrected chi connectivity index (χ1v) is 3.34. The van der Waals surface area contributed by atoms with Crippen LogP contribution in [0.2, 0.25) is 0 Å². The van der Waals surface area contributed by atoms with Gasteiger partial charge in [-0.2, -0.15) is 0 Å². The monoisotopic (exact) mass is 147 g/mol. The van der Waals surface area contributed by atoms with Crippen molar-refractivity contribution in [1.29, 1.82) is 0 Å². The van der Waals surface area contributed by atoms with Crippen LogP contribution in [0.1, 0.15) is 5.76 Å². The zero-order valence-electron chi connectivity index (χ0n) is 4.70. The van der Waals surface area contributed by atoms with Crippen LogP contribution in [0.25, 0.3) is 0 Å². The van der Waals surface area contributed by atoms with E-state index in [0.717, 1.165) is 0 Å². The minimum absolute atomic E-state index is 0.231. The van der Waals surface area contributed by atoms with Gasteiger partial charge in [0.25, 0.3) is 0 Å². The van der Waals surface area contributed by atoms with Crippen LogP contribution in [0.4, 0.5) is 0 Å². The third-order valence-corrected chi connectivity index (χ3v) is 1.66. The topological polar surface area (TPSA) is 63.3 Å². The molecule has 0 amide bonds. The molecular weight excluding hydrogens is 142 g/mol. The summed E-state index contributed by atoms with van der Waals surface area (Å²) in [7, 11) is 0. The van der Waals surface area contributed by atoms with Crippen LogP contribution in [0.15, 0.2) is 15.6 Å². The number of aryl methyl sites for hydroxylation is 1. The van der Waals surface area contributed by atoms with E-state index in [9.17, 15) is 4.21 Å². The lowest BCUT2D eigenvalue weighted by Crippen LogP contribution is -1.86. The molecule has 1 aromatic rings. The third kappa shape index (κ3) is 1.17. The average Bonchev–Trinajstić information content (AvgIpc) is 2.13. The smallest absolute Gasteiger partial charge is 0.191 e. The SMILES string of the molecule is Cc1oncc1S(=O)O. The second kappa shape index (κ2) is 2.28. The van der Waals surface area contributed by atoms with Crippen molar-refractivity contribution in [2.75, 3.05) is 0 Å². The van der Waals surface area contributed by atoms with Gasteiger partial charge in [-0.25, -0.2) is 4.21 Å². The molecule has 0 aliphatic rings. The van der Waals surface area contributed by atoms with Gasteiger partial charge >= 0.3 is 0 Å². The van der Waals surface area contributed by atoms with E-state index in [0.29, 0.717) is 5.76 Å². The van der Waals surface area contributed by atoms with Crippen molar-refractivity contribution in [2.45, 2.75) is 11.8 Å². The van der Waals surface area contributed by atoms with Crippen LogP contribution >= 0.6 is 0 Å². The molecule has 4 nitrogen and oxygen atoms in total. The Balaban J connectivity index is 3.08. The fraction of sp³-hybridized carbons (Fsp3) is 0.250. The summed E-state index contributed by atoms with van der Waals surface area (Å²) in [5.41, 5.74) is 0. The van der Waals surface area contributed by atoms with E-state index in [1.54, 1.807) is 6.92 Å². The highest BCUT2D eigenvalue weighted by Crippen LogP contribution is 2.08. The average molecular weight is 147 g/mol. The van der Waals surface area contributed by atoms with Gasteiger partial charge < -0.3 is 9.08 Å². The Hall–Kier alpha value is -0.680. The molecule has 1 unspecified atom stereocenters. The fourth-order valence-electron chi connectivity index (χ4n) is 0.457. The lowest BCUT2D eigenvalue weighted by molar-refractivity contribution is 0.394. The quantitative estimate of drug-likeness (QED) is 0.589. The predicted molar refractivity (Wildman–Crippen MR) is 30.3 cm³/mol. The van der Waals surface area contributed by atoms with E-state index in [1.807, 2.05) is 0 Å². The summed E-state index contributed by atoms with van der Waals surface area (Å²) in [6, 6.07) is 0. The Bertz CT molecular complexity index is 231. The van der Waals surface area contributed by atoms with Gasteiger partial charge in [0, 0.05) is 0 Å². The second-order valence-electron chi connectivity index (χ2n) is 1.50. The number of nitrogens with zero attached hydrogens (tertiary/aromatic N) is 1. The van der Waals surface area contributed by atoms with Gasteiger partial charge in [-0.05, 0) is 6.92 Å². The van der Waals surface area contributed by atoms with Crippen LogP contribution < -0.4 is 0 Å². The normalized spacial score (nSPS) is 13.6. The van der Waals surface area contributed by atoms with Gasteiger partial charge in [-0.15, -0.1) is 0 Å². The number of rotatable bonds is 1. The highest BCUT2D eigenvalue weighted by atomic mass is 32.2. The summed E-state index contributed by atoms with van der Waals surface area (Å²) in [5.74, 6) is 0.385. The largest absolute Gasteiger partial charge is 0.360 e. The van der Waals surface area contributed by atoms with Crippen LogP contribution in [-0.2, 0) is 11.1 Å². The molecule has 0 aromatic carbocycles. The molecule has 50 valence electrons. The highest BCUT2D eigenvalue weighted by molar-refractivity contribution is 7.79. The van der Waals surface area contributed by atoms with Crippen LogP contribution in [-0.4, -0.2) is 13.9 Å². The van der Waals surface area contributed by atoms with Crippen molar-refractivity contribution in [1.82, 2.24) is 5.16 Å². The van der Waals surface area contributed by atoms with Gasteiger partial charge in [0.15, 0.2) is 16.8 Å². The Labute approximate surface area is 54.1 Å². The zero-order valence-corrected chi connectivity index (χ0v) is 5.51. The molecule has 0 saturated heterocycles. The van der Waals surface area contributed by atoms with Gasteiger partial charge in [-0.3, -0.25) is 0 Å². The van der Waals surface area contributed by atoms with Crippen LogP contribution in [0, 0.1) is 6.92 Å². The van der Waals surface area contributed by atoms with Gasteiger partial charge in [0.2, 0.25) is 0 Å². The molecule has 0 spiro atoms. The van der Waals surface area contributed by atoms with E-state index in [1.165, 1.54) is 6.20 Å². The van der Waals surface area contributed by atoms with Crippen LogP contribution in [0.5, 0.6) is 0 Å². The Morgan fingerprint density at radius 1 is 1.89 bits per heavy atom. The van der Waals surface area contributed by atoms with Crippen molar-refractivity contribution >= 4 is 11.1 Å². The number of hydrogen-bond acceptors (Lipinski definition) is 3. The Kier molecular flexibility index (Phi) is 1.63. The van der Waals surface area contributed by atoms with E-state index >= 15 is 0 Å². The first-order chi connectivity index (χ1) is 4.22. The Morgan fingerprint density at radius 2 is 2.56 bits per heavy atom. The fourth-order valence-corrected chi connectivity index (χ4v) is 0.874. The summed E-state index contributed by atoms with van der Waals surface area (Å²) >= 11 is -1.97. The van der Waals surface area contributed by atoms with Gasteiger partial charge in [-0.1, -0.05) is 5.16 Å². The minimum Gasteiger partial charge on any atom is -0.360 e. The van der Waals surface area contributed by atoms with Gasteiger partial charge in [0.1, 0.15) is 4.90 Å². The second-order valence-corrected chi connectivity index (χ2v) is 2.43. The molecular formula is C4H5NO3S. The first kappa shape index (κ1) is 6.44. The summed E-state index contributed by atoms with van der Waals surface area (Å²) in [6.45, 7) is 1.58. The van der Waals surface area contributed by atoms with Crippen molar-refractivity contribution in [3.8, 4) is 0 Å². The molecule has 0 aliphatic heterocycles. The maximum atomic E-state index is 10.3. The highest BCUT2D eigenvalue weighted by Gasteiger charge is 2.06. The lowest BCUT2D eigenvalue weighted by Gasteiger charge is -1.83. The van der Waals surface area contributed by atoms with Crippen molar-refractivity contribution in [2.24, 2.45) is 0 Å². The zero-order chi connectivity index (χ0) is 6.85. The summed E-state index contributed by atoms with van der Waals surface area (Å²) < 4.78 is 23.3. The van der Waals surface area contributed by atoms with E-state index in [4.69, 9.17) is 4.55 Å². The van der Waals surface area contributed by atoms with Crippen molar-refractivity contribution in [3.63, 3.8) is 0 Å². The number of aromatic nitrogens is 1. The molecule has 1 atom stereocenters. The minimum atomic E-state index is -1.97. The molecule has 1 rings (SSSR count). The van der Waals surface area contributed by atoms with Crippen molar-refractivity contribution < 1.29 is 13.3 Å². The summed E-state index contributed by atoms with van der Waals surface area (Å²) in [6.07, 6.45) is 1.23. The molecule has 1 aromatic heterocycles. The van der Waals surface area contributed by atoms with Crippen molar-refractivity contribution in [3.05, 3.63) is 12.0 Å². The molecule has 0 fully saturated rings. The predicted octanol–water partition coefficient (Wildman–Crippen LogP) is 0.564.